The van der Waals surface area contributed by atoms with Crippen LogP contribution >= 0.6 is 0 Å². The molecule has 0 radical (unpaired) electrons. The van der Waals surface area contributed by atoms with Crippen LogP contribution in [-0.2, 0) is 9.53 Å². The normalized spacial score (nSPS) is 19.3. The van der Waals surface area contributed by atoms with E-state index in [-0.39, 0.29) is 17.6 Å². The predicted molar refractivity (Wildman–Crippen MR) is 98.0 cm³/mol. The molecule has 0 atom stereocenters. The first-order valence-corrected chi connectivity index (χ1v) is 9.03. The van der Waals surface area contributed by atoms with Crippen molar-refractivity contribution in [1.82, 2.24) is 4.98 Å². The highest BCUT2D eigenvalue weighted by Gasteiger charge is 2.24. The summed E-state index contributed by atoms with van der Waals surface area (Å²) in [7, 11) is 1.41. The Balaban J connectivity index is 1.56. The number of methoxy groups -OCH3 is 1. The van der Waals surface area contributed by atoms with E-state index in [1.807, 2.05) is 6.07 Å². The smallest absolute Gasteiger partial charge is 0.305 e. The molecule has 1 aliphatic carbocycles. The second-order valence-electron chi connectivity index (χ2n) is 6.78. The first-order valence-electron chi connectivity index (χ1n) is 9.03. The molecule has 6 heteroatoms. The number of pyridine rings is 1. The van der Waals surface area contributed by atoms with Crippen LogP contribution < -0.4 is 4.74 Å². The number of carbonyl (C=O) groups excluding carboxylic acids is 2. The fraction of sp³-hybridized carbons (Fsp3) is 0.381. The van der Waals surface area contributed by atoms with Gasteiger partial charge in [-0.2, -0.15) is 0 Å². The van der Waals surface area contributed by atoms with Crippen LogP contribution in [0.25, 0.3) is 11.1 Å². The van der Waals surface area contributed by atoms with Gasteiger partial charge >= 0.3 is 5.97 Å². The van der Waals surface area contributed by atoms with Crippen LogP contribution in [0, 0.1) is 11.7 Å². The minimum absolute atomic E-state index is 0.0365. The predicted octanol–water partition coefficient (Wildman–Crippen LogP) is 4.20. The second kappa shape index (κ2) is 8.75. The fourth-order valence-corrected chi connectivity index (χ4v) is 3.37. The maximum Gasteiger partial charge on any atom is 0.305 e. The van der Waals surface area contributed by atoms with Gasteiger partial charge in [-0.3, -0.25) is 9.59 Å². The molecule has 1 aromatic carbocycles. The maximum absolute atomic E-state index is 13.8. The zero-order chi connectivity index (χ0) is 19.2. The van der Waals surface area contributed by atoms with Crippen molar-refractivity contribution in [3.05, 3.63) is 47.9 Å². The van der Waals surface area contributed by atoms with Gasteiger partial charge in [-0.05, 0) is 55.4 Å². The number of aldehydes is 1. The van der Waals surface area contributed by atoms with Crippen LogP contribution in [0.2, 0.25) is 0 Å². The molecule has 1 heterocycles. The molecule has 0 unspecified atom stereocenters. The van der Waals surface area contributed by atoms with Crippen molar-refractivity contribution in [2.45, 2.75) is 38.2 Å². The van der Waals surface area contributed by atoms with Gasteiger partial charge in [-0.15, -0.1) is 0 Å². The quantitative estimate of drug-likeness (QED) is 0.562. The average Bonchev–Trinajstić information content (AvgIpc) is 2.70. The molecule has 1 aromatic heterocycles. The van der Waals surface area contributed by atoms with Crippen LogP contribution in [0.5, 0.6) is 5.88 Å². The average molecular weight is 371 g/mol. The van der Waals surface area contributed by atoms with Gasteiger partial charge in [-0.1, -0.05) is 6.07 Å². The highest BCUT2D eigenvalue weighted by atomic mass is 19.1. The SMILES string of the molecule is COC(=O)CC1CCC(Oc2ccc(-c3ccc(C=O)c(F)c3)cn2)CC1. The number of nitrogens with zero attached hydrogens (tertiary/aromatic N) is 1. The lowest BCUT2D eigenvalue weighted by Crippen LogP contribution is -2.25. The molecule has 142 valence electrons. The van der Waals surface area contributed by atoms with Gasteiger partial charge < -0.3 is 9.47 Å². The molecule has 0 amide bonds. The molecular weight excluding hydrogens is 349 g/mol. The van der Waals surface area contributed by atoms with Gasteiger partial charge in [0.15, 0.2) is 6.29 Å². The van der Waals surface area contributed by atoms with Crippen molar-refractivity contribution in [3.63, 3.8) is 0 Å². The van der Waals surface area contributed by atoms with Gasteiger partial charge in [0.25, 0.3) is 0 Å². The summed E-state index contributed by atoms with van der Waals surface area (Å²) < 4.78 is 24.4. The summed E-state index contributed by atoms with van der Waals surface area (Å²) in [5.41, 5.74) is 1.44. The Kier molecular flexibility index (Phi) is 6.16. The molecule has 1 fully saturated rings. The van der Waals surface area contributed by atoms with Crippen molar-refractivity contribution in [1.29, 1.82) is 0 Å². The third-order valence-electron chi connectivity index (χ3n) is 4.96. The third-order valence-corrected chi connectivity index (χ3v) is 4.96. The third kappa shape index (κ3) is 4.90. The summed E-state index contributed by atoms with van der Waals surface area (Å²) in [6, 6.07) is 8.05. The summed E-state index contributed by atoms with van der Waals surface area (Å²) in [6.07, 6.45) is 6.30. The number of halogens is 1. The largest absolute Gasteiger partial charge is 0.474 e. The van der Waals surface area contributed by atoms with E-state index in [4.69, 9.17) is 9.47 Å². The molecule has 1 saturated carbocycles. The molecule has 5 nitrogen and oxygen atoms in total. The lowest BCUT2D eigenvalue weighted by molar-refractivity contribution is -0.142. The Labute approximate surface area is 157 Å². The molecule has 2 aromatic rings. The summed E-state index contributed by atoms with van der Waals surface area (Å²) in [4.78, 5) is 26.4. The zero-order valence-corrected chi connectivity index (χ0v) is 15.2. The molecule has 3 rings (SSSR count). The van der Waals surface area contributed by atoms with E-state index in [0.717, 1.165) is 31.2 Å². The van der Waals surface area contributed by atoms with E-state index in [2.05, 4.69) is 4.98 Å². The number of hydrogen-bond acceptors (Lipinski definition) is 5. The van der Waals surface area contributed by atoms with E-state index in [0.29, 0.717) is 30.1 Å². The Bertz CT molecular complexity index is 798. The number of rotatable bonds is 6. The lowest BCUT2D eigenvalue weighted by atomic mass is 9.85. The van der Waals surface area contributed by atoms with Gasteiger partial charge in [0.05, 0.1) is 12.7 Å². The number of aromatic nitrogens is 1. The molecule has 0 saturated heterocycles. The van der Waals surface area contributed by atoms with Crippen LogP contribution in [-0.4, -0.2) is 30.5 Å². The van der Waals surface area contributed by atoms with Crippen molar-refractivity contribution >= 4 is 12.3 Å². The Morgan fingerprint density at radius 3 is 2.52 bits per heavy atom. The van der Waals surface area contributed by atoms with Gasteiger partial charge in [-0.25, -0.2) is 9.37 Å². The van der Waals surface area contributed by atoms with Gasteiger partial charge in [0, 0.05) is 24.2 Å². The van der Waals surface area contributed by atoms with Crippen molar-refractivity contribution in [3.8, 4) is 17.0 Å². The highest BCUT2D eigenvalue weighted by molar-refractivity contribution is 5.77. The minimum atomic E-state index is -0.549. The van der Waals surface area contributed by atoms with Crippen molar-refractivity contribution in [2.24, 2.45) is 5.92 Å². The van der Waals surface area contributed by atoms with E-state index >= 15 is 0 Å². The van der Waals surface area contributed by atoms with Crippen LogP contribution in [0.3, 0.4) is 0 Å². The number of carbonyl (C=O) groups is 2. The van der Waals surface area contributed by atoms with E-state index in [1.165, 1.54) is 19.2 Å². The van der Waals surface area contributed by atoms with Crippen LogP contribution in [0.4, 0.5) is 4.39 Å². The molecular formula is C21H22FNO4. The summed E-state index contributed by atoms with van der Waals surface area (Å²) in [6.45, 7) is 0. The topological polar surface area (TPSA) is 65.5 Å². The molecule has 0 aliphatic heterocycles. The van der Waals surface area contributed by atoms with E-state index < -0.39 is 5.82 Å². The molecule has 0 spiro atoms. The minimum Gasteiger partial charge on any atom is -0.474 e. The molecule has 0 N–H and O–H groups in total. The first-order chi connectivity index (χ1) is 13.1. The summed E-state index contributed by atoms with van der Waals surface area (Å²) >= 11 is 0. The Hall–Kier alpha value is -2.76. The van der Waals surface area contributed by atoms with Gasteiger partial charge in [0.1, 0.15) is 11.9 Å². The molecule has 27 heavy (non-hydrogen) atoms. The molecule has 1 aliphatic rings. The van der Waals surface area contributed by atoms with Crippen LogP contribution in [0.1, 0.15) is 42.5 Å². The second-order valence-corrected chi connectivity index (χ2v) is 6.78. The van der Waals surface area contributed by atoms with Crippen molar-refractivity contribution < 1.29 is 23.5 Å². The van der Waals surface area contributed by atoms with E-state index in [9.17, 15) is 14.0 Å². The number of benzene rings is 1. The standard InChI is InChI=1S/C21H22FNO4/c1-26-21(25)10-14-2-7-18(8-3-14)27-20-9-6-16(12-23-20)15-4-5-17(13-24)19(22)11-15/h4-6,9,11-14,18H,2-3,7-8,10H2,1H3. The maximum atomic E-state index is 13.8. The monoisotopic (exact) mass is 371 g/mol. The first kappa shape index (κ1) is 19.0. The Morgan fingerprint density at radius 2 is 1.93 bits per heavy atom. The molecule has 0 bridgehead atoms. The van der Waals surface area contributed by atoms with E-state index in [1.54, 1.807) is 18.3 Å². The summed E-state index contributed by atoms with van der Waals surface area (Å²) in [5, 5.41) is 0. The zero-order valence-electron chi connectivity index (χ0n) is 15.2. The Morgan fingerprint density at radius 1 is 1.19 bits per heavy atom. The number of esters is 1. The highest BCUT2D eigenvalue weighted by Crippen LogP contribution is 2.30. The van der Waals surface area contributed by atoms with Gasteiger partial charge in [0.2, 0.25) is 5.88 Å². The summed E-state index contributed by atoms with van der Waals surface area (Å²) in [5.74, 6) is 0.179. The number of hydrogen-bond donors (Lipinski definition) is 0. The van der Waals surface area contributed by atoms with Crippen molar-refractivity contribution in [2.75, 3.05) is 7.11 Å². The van der Waals surface area contributed by atoms with Crippen LogP contribution in [0.15, 0.2) is 36.5 Å². The lowest BCUT2D eigenvalue weighted by Gasteiger charge is -2.28. The fourth-order valence-electron chi connectivity index (χ4n) is 3.37. The number of ether oxygens (including phenoxy) is 2.